The van der Waals surface area contributed by atoms with Crippen LogP contribution in [0.25, 0.3) is 0 Å². The Hall–Kier alpha value is -2.61. The summed E-state index contributed by atoms with van der Waals surface area (Å²) in [5.74, 6) is -1.11. The Morgan fingerprint density at radius 2 is 1.72 bits per heavy atom. The molecular weight excluding hydrogens is 374 g/mol. The van der Waals surface area contributed by atoms with Gasteiger partial charge < -0.3 is 25.8 Å². The van der Waals surface area contributed by atoms with Crippen LogP contribution in [0, 0.1) is 0 Å². The van der Waals surface area contributed by atoms with Crippen molar-refractivity contribution in [2.24, 2.45) is 0 Å². The van der Waals surface area contributed by atoms with E-state index in [4.69, 9.17) is 4.74 Å². The number of hydrogen-bond acceptors (Lipinski definition) is 5. The summed E-state index contributed by atoms with van der Waals surface area (Å²) in [6.45, 7) is 8.59. The van der Waals surface area contributed by atoms with Gasteiger partial charge in [0, 0.05) is 0 Å². The fraction of sp³-hybridized carbons (Fsp3) is 0.571. The zero-order valence-corrected chi connectivity index (χ0v) is 17.8. The molecule has 162 valence electrons. The topological polar surface area (TPSA) is 117 Å². The number of hydrogen-bond donors (Lipinski definition) is 4. The third-order valence-corrected chi connectivity index (χ3v) is 4.05. The van der Waals surface area contributed by atoms with Crippen molar-refractivity contribution in [3.8, 4) is 0 Å². The van der Waals surface area contributed by atoms with E-state index >= 15 is 0 Å². The minimum Gasteiger partial charge on any atom is -0.444 e. The summed E-state index contributed by atoms with van der Waals surface area (Å²) >= 11 is 0. The molecule has 8 heteroatoms. The molecule has 0 aromatic heterocycles. The van der Waals surface area contributed by atoms with Crippen molar-refractivity contribution in [1.82, 2.24) is 16.0 Å². The molecule has 1 unspecified atom stereocenters. The number of carbonyl (C=O) groups excluding carboxylic acids is 3. The van der Waals surface area contributed by atoms with Crippen LogP contribution in [0.15, 0.2) is 30.3 Å². The van der Waals surface area contributed by atoms with Crippen molar-refractivity contribution in [2.75, 3.05) is 6.54 Å². The first-order valence-corrected chi connectivity index (χ1v) is 9.83. The van der Waals surface area contributed by atoms with Gasteiger partial charge in [-0.05, 0) is 39.7 Å². The number of rotatable bonds is 9. The molecule has 3 atom stereocenters. The van der Waals surface area contributed by atoms with E-state index in [-0.39, 0.29) is 18.5 Å². The average Bonchev–Trinajstić information content (AvgIpc) is 2.64. The molecule has 0 aliphatic rings. The maximum absolute atomic E-state index is 12.3. The molecular formula is C21H33N3O5. The Morgan fingerprint density at radius 1 is 1.10 bits per heavy atom. The number of aliphatic hydroxyl groups excluding tert-OH is 1. The molecule has 1 rings (SSSR count). The van der Waals surface area contributed by atoms with Crippen LogP contribution in [0.1, 0.15) is 59.1 Å². The van der Waals surface area contributed by atoms with Gasteiger partial charge in [-0.25, -0.2) is 4.79 Å². The predicted octanol–water partition coefficient (Wildman–Crippen LogP) is 2.03. The number of nitrogens with one attached hydrogen (secondary N) is 3. The molecule has 1 aromatic carbocycles. The summed E-state index contributed by atoms with van der Waals surface area (Å²) in [6, 6.07) is 8.39. The molecule has 0 aliphatic carbocycles. The molecule has 0 saturated carbocycles. The molecule has 0 radical (unpaired) electrons. The average molecular weight is 408 g/mol. The van der Waals surface area contributed by atoms with Crippen LogP contribution >= 0.6 is 0 Å². The number of carbonyl (C=O) groups is 3. The lowest BCUT2D eigenvalue weighted by Crippen LogP contribution is -2.52. The van der Waals surface area contributed by atoms with Gasteiger partial charge in [-0.3, -0.25) is 9.59 Å². The van der Waals surface area contributed by atoms with E-state index in [1.165, 1.54) is 0 Å². The van der Waals surface area contributed by atoms with Crippen LogP contribution in [0.3, 0.4) is 0 Å². The minimum absolute atomic E-state index is 0.216. The fourth-order valence-corrected chi connectivity index (χ4v) is 2.65. The van der Waals surface area contributed by atoms with Gasteiger partial charge in [0.2, 0.25) is 5.91 Å². The summed E-state index contributed by atoms with van der Waals surface area (Å²) in [4.78, 5) is 36.3. The first-order chi connectivity index (χ1) is 13.5. The summed E-state index contributed by atoms with van der Waals surface area (Å²) in [5.41, 5.74) is 0.249. The van der Waals surface area contributed by atoms with Crippen LogP contribution in [0.5, 0.6) is 0 Å². The second-order valence-corrected chi connectivity index (χ2v) is 7.90. The maximum atomic E-state index is 12.3. The Balaban J connectivity index is 2.54. The second kappa shape index (κ2) is 11.4. The van der Waals surface area contributed by atoms with Crippen molar-refractivity contribution < 1.29 is 24.2 Å². The predicted molar refractivity (Wildman–Crippen MR) is 110 cm³/mol. The first-order valence-electron chi connectivity index (χ1n) is 9.83. The number of ether oxygens (including phenoxy) is 1. The van der Waals surface area contributed by atoms with Gasteiger partial charge in [0.15, 0.2) is 6.10 Å². The van der Waals surface area contributed by atoms with Crippen molar-refractivity contribution in [3.63, 3.8) is 0 Å². The van der Waals surface area contributed by atoms with Crippen molar-refractivity contribution >= 4 is 17.9 Å². The Bertz CT molecular complexity index is 673. The molecule has 29 heavy (non-hydrogen) atoms. The molecule has 0 aliphatic heterocycles. The van der Waals surface area contributed by atoms with E-state index in [2.05, 4.69) is 16.0 Å². The van der Waals surface area contributed by atoms with Crippen LogP contribution in [-0.2, 0) is 14.3 Å². The third-order valence-electron chi connectivity index (χ3n) is 4.05. The minimum atomic E-state index is -1.50. The summed E-state index contributed by atoms with van der Waals surface area (Å²) in [5, 5.41) is 18.0. The number of benzene rings is 1. The standard InChI is InChI=1S/C21H33N3O5/c1-6-10-16(24-20(28)29-21(3,4)5)18(26)19(27)22-13-17(25)23-14(2)15-11-8-7-9-12-15/h7-9,11-12,14,16,18,26H,6,10,13H2,1-5H3,(H,22,27)(H,23,25)(H,24,28)/t14-,16+,18?/m1/s1. The number of amides is 3. The van der Waals surface area contributed by atoms with Crippen LogP contribution in [0.4, 0.5) is 4.79 Å². The number of alkyl carbamates (subject to hydrolysis) is 1. The highest BCUT2D eigenvalue weighted by Crippen LogP contribution is 2.11. The largest absolute Gasteiger partial charge is 0.444 e. The smallest absolute Gasteiger partial charge is 0.407 e. The van der Waals surface area contributed by atoms with Gasteiger partial charge in [-0.2, -0.15) is 0 Å². The van der Waals surface area contributed by atoms with Gasteiger partial charge in [0.05, 0.1) is 18.6 Å². The zero-order valence-electron chi connectivity index (χ0n) is 17.8. The second-order valence-electron chi connectivity index (χ2n) is 7.90. The van der Waals surface area contributed by atoms with Crippen molar-refractivity contribution in [2.45, 2.75) is 71.2 Å². The monoisotopic (exact) mass is 407 g/mol. The molecule has 8 nitrogen and oxygen atoms in total. The van der Waals surface area contributed by atoms with Crippen LogP contribution in [-0.4, -0.2) is 47.3 Å². The molecule has 0 saturated heterocycles. The Kier molecular flexibility index (Phi) is 9.61. The van der Waals surface area contributed by atoms with Crippen LogP contribution < -0.4 is 16.0 Å². The molecule has 1 aromatic rings. The molecule has 3 amide bonds. The van der Waals surface area contributed by atoms with Gasteiger partial charge in [-0.15, -0.1) is 0 Å². The SMILES string of the molecule is CCC[C@H](NC(=O)OC(C)(C)C)C(O)C(=O)NCC(=O)N[C@H](C)c1ccccc1. The Morgan fingerprint density at radius 3 is 2.28 bits per heavy atom. The fourth-order valence-electron chi connectivity index (χ4n) is 2.65. The van der Waals surface area contributed by atoms with E-state index in [1.54, 1.807) is 20.8 Å². The Labute approximate surface area is 172 Å². The molecule has 4 N–H and O–H groups in total. The van der Waals surface area contributed by atoms with E-state index in [0.29, 0.717) is 12.8 Å². The highest BCUT2D eigenvalue weighted by molar-refractivity contribution is 5.87. The van der Waals surface area contributed by atoms with Crippen LogP contribution in [0.2, 0.25) is 0 Å². The lowest BCUT2D eigenvalue weighted by Gasteiger charge is -2.26. The highest BCUT2D eigenvalue weighted by atomic mass is 16.6. The molecule has 0 heterocycles. The summed E-state index contributed by atoms with van der Waals surface area (Å²) in [6.07, 6.45) is -1.19. The molecule has 0 bridgehead atoms. The van der Waals surface area contributed by atoms with E-state index in [1.807, 2.05) is 44.2 Å². The first kappa shape index (κ1) is 24.4. The molecule has 0 spiro atoms. The van der Waals surface area contributed by atoms with Crippen molar-refractivity contribution in [1.29, 1.82) is 0 Å². The summed E-state index contributed by atoms with van der Waals surface area (Å²) < 4.78 is 5.17. The van der Waals surface area contributed by atoms with E-state index < -0.39 is 29.7 Å². The molecule has 0 fully saturated rings. The van der Waals surface area contributed by atoms with Gasteiger partial charge in [0.25, 0.3) is 5.91 Å². The van der Waals surface area contributed by atoms with Gasteiger partial charge in [-0.1, -0.05) is 43.7 Å². The zero-order chi connectivity index (χ0) is 22.0. The quantitative estimate of drug-likeness (QED) is 0.500. The lowest BCUT2D eigenvalue weighted by molar-refractivity contribution is -0.133. The highest BCUT2D eigenvalue weighted by Gasteiger charge is 2.29. The summed E-state index contributed by atoms with van der Waals surface area (Å²) in [7, 11) is 0. The van der Waals surface area contributed by atoms with E-state index in [9.17, 15) is 19.5 Å². The van der Waals surface area contributed by atoms with E-state index in [0.717, 1.165) is 5.56 Å². The number of aliphatic hydroxyl groups is 1. The van der Waals surface area contributed by atoms with Gasteiger partial charge >= 0.3 is 6.09 Å². The third kappa shape index (κ3) is 9.43. The maximum Gasteiger partial charge on any atom is 0.407 e. The van der Waals surface area contributed by atoms with Gasteiger partial charge in [0.1, 0.15) is 5.60 Å². The lowest BCUT2D eigenvalue weighted by atomic mass is 10.1. The normalized spacial score (nSPS) is 14.3. The van der Waals surface area contributed by atoms with Crippen molar-refractivity contribution in [3.05, 3.63) is 35.9 Å².